The summed E-state index contributed by atoms with van der Waals surface area (Å²) >= 11 is 3.31. The summed E-state index contributed by atoms with van der Waals surface area (Å²) in [6.07, 6.45) is 3.30. The maximum absolute atomic E-state index is 10.2. The van der Waals surface area contributed by atoms with Crippen LogP contribution in [0, 0.1) is 0 Å². The highest BCUT2D eigenvalue weighted by Gasteiger charge is 2.33. The summed E-state index contributed by atoms with van der Waals surface area (Å²) in [5, 5.41) is 10.2. The molecule has 14 heavy (non-hydrogen) atoms. The van der Waals surface area contributed by atoms with Crippen LogP contribution in [-0.4, -0.2) is 23.3 Å². The predicted octanol–water partition coefficient (Wildman–Crippen LogP) is 1.84. The van der Waals surface area contributed by atoms with Gasteiger partial charge in [-0.15, -0.1) is 0 Å². The number of aliphatic hydroxyl groups is 1. The molecule has 0 spiro atoms. The Hall–Kier alpha value is -0.450. The van der Waals surface area contributed by atoms with Crippen molar-refractivity contribution in [2.45, 2.75) is 18.4 Å². The topological polar surface area (TPSA) is 42.4 Å². The van der Waals surface area contributed by atoms with Gasteiger partial charge in [0.15, 0.2) is 0 Å². The quantitative estimate of drug-likeness (QED) is 0.835. The molecule has 2 rings (SSSR count). The van der Waals surface area contributed by atoms with Crippen LogP contribution in [0.5, 0.6) is 0 Å². The van der Waals surface area contributed by atoms with Crippen LogP contribution in [0.1, 0.15) is 18.5 Å². The largest absolute Gasteiger partial charge is 0.381 e. The third-order valence-corrected chi connectivity index (χ3v) is 2.89. The maximum atomic E-state index is 10.2. The maximum Gasteiger partial charge on any atom is 0.130 e. The minimum Gasteiger partial charge on any atom is -0.381 e. The predicted molar refractivity (Wildman–Crippen MR) is 55.9 cm³/mol. The molecule has 76 valence electrons. The van der Waals surface area contributed by atoms with Gasteiger partial charge in [0.2, 0.25) is 0 Å². The molecule has 0 aliphatic carbocycles. The van der Waals surface area contributed by atoms with Crippen molar-refractivity contribution in [2.75, 3.05) is 13.2 Å². The number of nitrogens with zero attached hydrogens (tertiary/aromatic N) is 1. The summed E-state index contributed by atoms with van der Waals surface area (Å²) in [5.41, 5.74) is -0.195. The Morgan fingerprint density at radius 2 is 2.36 bits per heavy atom. The lowest BCUT2D eigenvalue weighted by molar-refractivity contribution is -0.0928. The standard InChI is InChI=1S/C10H12BrNO2/c11-8-2-3-9(12-6-8)10(13)4-1-5-14-7-10/h2-3,6,13H,1,4-5,7H2. The fourth-order valence-electron chi connectivity index (χ4n) is 1.63. The number of rotatable bonds is 1. The Bertz CT molecular complexity index is 306. The molecule has 1 atom stereocenters. The zero-order valence-corrected chi connectivity index (χ0v) is 9.33. The molecule has 1 saturated heterocycles. The van der Waals surface area contributed by atoms with Crippen LogP contribution in [0.25, 0.3) is 0 Å². The first-order valence-electron chi connectivity index (χ1n) is 4.63. The van der Waals surface area contributed by atoms with Crippen molar-refractivity contribution in [1.82, 2.24) is 4.98 Å². The number of pyridine rings is 1. The summed E-state index contributed by atoms with van der Waals surface area (Å²) in [5.74, 6) is 0. The average molecular weight is 258 g/mol. The lowest BCUT2D eigenvalue weighted by atomic mass is 9.92. The summed E-state index contributed by atoms with van der Waals surface area (Å²) in [4.78, 5) is 4.20. The molecule has 0 bridgehead atoms. The summed E-state index contributed by atoms with van der Waals surface area (Å²) in [6.45, 7) is 1.08. The van der Waals surface area contributed by atoms with Gasteiger partial charge in [-0.05, 0) is 40.9 Å². The third kappa shape index (κ3) is 1.97. The molecule has 2 heterocycles. The van der Waals surface area contributed by atoms with Gasteiger partial charge in [0.25, 0.3) is 0 Å². The molecule has 3 nitrogen and oxygen atoms in total. The second kappa shape index (κ2) is 3.96. The van der Waals surface area contributed by atoms with Gasteiger partial charge < -0.3 is 9.84 Å². The molecule has 1 fully saturated rings. The number of hydrogen-bond donors (Lipinski definition) is 1. The lowest BCUT2D eigenvalue weighted by Crippen LogP contribution is -2.36. The molecule has 1 unspecified atom stereocenters. The van der Waals surface area contributed by atoms with Gasteiger partial charge in [-0.2, -0.15) is 0 Å². The van der Waals surface area contributed by atoms with Crippen molar-refractivity contribution >= 4 is 15.9 Å². The van der Waals surface area contributed by atoms with Gasteiger partial charge >= 0.3 is 0 Å². The van der Waals surface area contributed by atoms with Crippen molar-refractivity contribution < 1.29 is 9.84 Å². The van der Waals surface area contributed by atoms with E-state index in [1.54, 1.807) is 6.20 Å². The third-order valence-electron chi connectivity index (χ3n) is 2.42. The smallest absolute Gasteiger partial charge is 0.130 e. The molecule has 0 aromatic carbocycles. The first-order chi connectivity index (χ1) is 6.71. The van der Waals surface area contributed by atoms with E-state index in [0.29, 0.717) is 12.3 Å². The molecule has 0 radical (unpaired) electrons. The van der Waals surface area contributed by atoms with Crippen molar-refractivity contribution in [3.8, 4) is 0 Å². The summed E-state index contributed by atoms with van der Waals surface area (Å²) < 4.78 is 6.19. The molecule has 1 aromatic rings. The van der Waals surface area contributed by atoms with Crippen molar-refractivity contribution in [3.05, 3.63) is 28.5 Å². The Balaban J connectivity index is 2.23. The van der Waals surface area contributed by atoms with E-state index in [1.165, 1.54) is 0 Å². The van der Waals surface area contributed by atoms with Crippen LogP contribution in [0.2, 0.25) is 0 Å². The average Bonchev–Trinajstić information content (AvgIpc) is 2.19. The molecule has 1 aliphatic rings. The minimum atomic E-state index is -0.890. The van der Waals surface area contributed by atoms with Gasteiger partial charge in [0.1, 0.15) is 5.60 Å². The first kappa shape index (κ1) is 10.1. The van der Waals surface area contributed by atoms with E-state index >= 15 is 0 Å². The SMILES string of the molecule is OC1(c2ccc(Br)cn2)CCCOC1. The van der Waals surface area contributed by atoms with Crippen LogP contribution in [-0.2, 0) is 10.3 Å². The normalized spacial score (nSPS) is 27.6. The zero-order valence-electron chi connectivity index (χ0n) is 7.74. The van der Waals surface area contributed by atoms with E-state index in [-0.39, 0.29) is 0 Å². The zero-order chi connectivity index (χ0) is 10.0. The molecule has 1 aromatic heterocycles. The van der Waals surface area contributed by atoms with E-state index < -0.39 is 5.60 Å². The fourth-order valence-corrected chi connectivity index (χ4v) is 1.87. The highest BCUT2D eigenvalue weighted by atomic mass is 79.9. The molecular weight excluding hydrogens is 246 g/mol. The van der Waals surface area contributed by atoms with Crippen LogP contribution < -0.4 is 0 Å². The van der Waals surface area contributed by atoms with Crippen LogP contribution >= 0.6 is 15.9 Å². The molecule has 0 saturated carbocycles. The first-order valence-corrected chi connectivity index (χ1v) is 5.42. The van der Waals surface area contributed by atoms with E-state index in [0.717, 1.165) is 23.9 Å². The molecule has 0 amide bonds. The molecule has 1 N–H and O–H groups in total. The van der Waals surface area contributed by atoms with Crippen LogP contribution in [0.15, 0.2) is 22.8 Å². The second-order valence-electron chi connectivity index (χ2n) is 3.55. The van der Waals surface area contributed by atoms with Crippen molar-refractivity contribution in [1.29, 1.82) is 0 Å². The van der Waals surface area contributed by atoms with Gasteiger partial charge in [0.05, 0.1) is 12.3 Å². The Morgan fingerprint density at radius 1 is 1.50 bits per heavy atom. The fraction of sp³-hybridized carbons (Fsp3) is 0.500. The molecule has 4 heteroatoms. The Morgan fingerprint density at radius 3 is 2.93 bits per heavy atom. The summed E-state index contributed by atoms with van der Waals surface area (Å²) in [7, 11) is 0. The van der Waals surface area contributed by atoms with E-state index in [1.807, 2.05) is 12.1 Å². The van der Waals surface area contributed by atoms with Gasteiger partial charge in [-0.1, -0.05) is 0 Å². The van der Waals surface area contributed by atoms with E-state index in [9.17, 15) is 5.11 Å². The van der Waals surface area contributed by atoms with Crippen LogP contribution in [0.4, 0.5) is 0 Å². The lowest BCUT2D eigenvalue weighted by Gasteiger charge is -2.31. The summed E-state index contributed by atoms with van der Waals surface area (Å²) in [6, 6.07) is 3.72. The molecular formula is C10H12BrNO2. The Labute approximate surface area is 91.2 Å². The van der Waals surface area contributed by atoms with Gasteiger partial charge in [-0.3, -0.25) is 4.98 Å². The minimum absolute atomic E-state index is 0.349. The highest BCUT2D eigenvalue weighted by Crippen LogP contribution is 2.29. The number of ether oxygens (including phenoxy) is 1. The monoisotopic (exact) mass is 257 g/mol. The number of aromatic nitrogens is 1. The molecule has 1 aliphatic heterocycles. The van der Waals surface area contributed by atoms with E-state index in [2.05, 4.69) is 20.9 Å². The van der Waals surface area contributed by atoms with Gasteiger partial charge in [0, 0.05) is 17.3 Å². The van der Waals surface area contributed by atoms with Crippen molar-refractivity contribution in [2.24, 2.45) is 0 Å². The van der Waals surface area contributed by atoms with Gasteiger partial charge in [-0.25, -0.2) is 0 Å². The van der Waals surface area contributed by atoms with E-state index in [4.69, 9.17) is 4.74 Å². The number of halogens is 1. The second-order valence-corrected chi connectivity index (χ2v) is 4.47. The Kier molecular flexibility index (Phi) is 2.85. The van der Waals surface area contributed by atoms with Crippen molar-refractivity contribution in [3.63, 3.8) is 0 Å². The van der Waals surface area contributed by atoms with Crippen LogP contribution in [0.3, 0.4) is 0 Å². The highest BCUT2D eigenvalue weighted by molar-refractivity contribution is 9.10. The number of hydrogen-bond acceptors (Lipinski definition) is 3.